The zero-order valence-corrected chi connectivity index (χ0v) is 9.17. The van der Waals surface area contributed by atoms with Crippen LogP contribution >= 0.6 is 0 Å². The fraction of sp³-hybridized carbons (Fsp3) is 1.00. The first kappa shape index (κ1) is 10.4. The van der Waals surface area contributed by atoms with Gasteiger partial charge in [-0.2, -0.15) is 0 Å². The average Bonchev–Trinajstić information content (AvgIpc) is 2.36. The van der Waals surface area contributed by atoms with Crippen LogP contribution in [0.5, 0.6) is 0 Å². The summed E-state index contributed by atoms with van der Waals surface area (Å²) >= 11 is 0. The lowest BCUT2D eigenvalue weighted by atomic mass is 10.1. The molecule has 2 saturated heterocycles. The molecular weight excluding hydrogens is 176 g/mol. The fourth-order valence-corrected chi connectivity index (χ4v) is 2.30. The summed E-state index contributed by atoms with van der Waals surface area (Å²) in [4.78, 5) is 2.55. The van der Waals surface area contributed by atoms with Gasteiger partial charge in [-0.25, -0.2) is 0 Å². The topological polar surface area (TPSA) is 24.5 Å². The number of likely N-dealkylation sites (tertiary alicyclic amines) is 1. The van der Waals surface area contributed by atoms with Crippen LogP contribution in [0.3, 0.4) is 0 Å². The van der Waals surface area contributed by atoms with E-state index in [0.717, 1.165) is 19.3 Å². The van der Waals surface area contributed by atoms with Crippen molar-refractivity contribution in [1.82, 2.24) is 10.2 Å². The molecule has 0 aromatic rings. The number of nitrogens with zero attached hydrogens (tertiary/aromatic N) is 1. The summed E-state index contributed by atoms with van der Waals surface area (Å²) in [5, 5.41) is 3.69. The Bertz CT molecular complexity index is 171. The smallest absolute Gasteiger partial charge is 0.0643 e. The lowest BCUT2D eigenvalue weighted by Crippen LogP contribution is -2.50. The summed E-state index contributed by atoms with van der Waals surface area (Å²) in [5.74, 6) is 0. The Morgan fingerprint density at radius 2 is 2.07 bits per heavy atom. The lowest BCUT2D eigenvalue weighted by Gasteiger charge is -2.31. The zero-order chi connectivity index (χ0) is 9.80. The normalized spacial score (nSPS) is 31.1. The second kappa shape index (κ2) is 5.10. The van der Waals surface area contributed by atoms with E-state index in [1.54, 1.807) is 0 Å². The Morgan fingerprint density at radius 1 is 1.21 bits per heavy atom. The monoisotopic (exact) mass is 198 g/mol. The molecule has 82 valence electrons. The molecule has 0 aromatic carbocycles. The molecule has 2 aliphatic heterocycles. The molecule has 0 radical (unpaired) electrons. The third-order valence-corrected chi connectivity index (χ3v) is 3.38. The van der Waals surface area contributed by atoms with Crippen molar-refractivity contribution in [3.05, 3.63) is 0 Å². The van der Waals surface area contributed by atoms with Gasteiger partial charge in [0.2, 0.25) is 0 Å². The fourth-order valence-electron chi connectivity index (χ4n) is 2.30. The second-order valence-corrected chi connectivity index (χ2v) is 4.46. The van der Waals surface area contributed by atoms with Gasteiger partial charge in [-0.15, -0.1) is 0 Å². The summed E-state index contributed by atoms with van der Waals surface area (Å²) < 4.78 is 5.18. The van der Waals surface area contributed by atoms with Crippen LogP contribution in [0.15, 0.2) is 0 Å². The van der Waals surface area contributed by atoms with Crippen LogP contribution in [0.4, 0.5) is 0 Å². The molecule has 1 unspecified atom stereocenters. The Hall–Kier alpha value is -0.120. The molecule has 2 heterocycles. The van der Waals surface area contributed by atoms with Crippen LogP contribution in [-0.4, -0.2) is 49.8 Å². The maximum Gasteiger partial charge on any atom is 0.0643 e. The van der Waals surface area contributed by atoms with Gasteiger partial charge in [0.15, 0.2) is 0 Å². The van der Waals surface area contributed by atoms with Crippen LogP contribution in [0.25, 0.3) is 0 Å². The average molecular weight is 198 g/mol. The Kier molecular flexibility index (Phi) is 3.79. The van der Waals surface area contributed by atoms with Gasteiger partial charge in [-0.1, -0.05) is 6.92 Å². The minimum Gasteiger partial charge on any atom is -0.378 e. The molecule has 14 heavy (non-hydrogen) atoms. The maximum absolute atomic E-state index is 5.18. The van der Waals surface area contributed by atoms with E-state index < -0.39 is 0 Å². The molecule has 3 heteroatoms. The molecular formula is C11H22N2O. The van der Waals surface area contributed by atoms with Gasteiger partial charge < -0.3 is 15.0 Å². The molecule has 2 rings (SSSR count). The second-order valence-electron chi connectivity index (χ2n) is 4.46. The van der Waals surface area contributed by atoms with Crippen molar-refractivity contribution in [2.24, 2.45) is 0 Å². The van der Waals surface area contributed by atoms with E-state index in [1.807, 2.05) is 0 Å². The summed E-state index contributed by atoms with van der Waals surface area (Å²) in [7, 11) is 0. The van der Waals surface area contributed by atoms with Gasteiger partial charge in [0.25, 0.3) is 0 Å². The molecule has 2 fully saturated rings. The van der Waals surface area contributed by atoms with Crippen molar-refractivity contribution in [2.75, 3.05) is 32.8 Å². The molecule has 0 aromatic heterocycles. The third-order valence-electron chi connectivity index (χ3n) is 3.38. The molecule has 1 atom stereocenters. The largest absolute Gasteiger partial charge is 0.378 e. The molecule has 0 bridgehead atoms. The van der Waals surface area contributed by atoms with Crippen LogP contribution in [-0.2, 0) is 4.74 Å². The molecule has 0 amide bonds. The Morgan fingerprint density at radius 3 is 2.71 bits per heavy atom. The Balaban J connectivity index is 1.71. The molecule has 0 aliphatic carbocycles. The van der Waals surface area contributed by atoms with E-state index in [-0.39, 0.29) is 0 Å². The van der Waals surface area contributed by atoms with Crippen molar-refractivity contribution in [3.8, 4) is 0 Å². The number of hydrogen-bond acceptors (Lipinski definition) is 3. The van der Waals surface area contributed by atoms with Gasteiger partial charge in [0.1, 0.15) is 0 Å². The van der Waals surface area contributed by atoms with E-state index >= 15 is 0 Å². The number of rotatable bonds is 3. The van der Waals surface area contributed by atoms with Crippen molar-refractivity contribution in [3.63, 3.8) is 0 Å². The molecule has 3 nitrogen and oxygen atoms in total. The molecule has 0 spiro atoms. The van der Waals surface area contributed by atoms with Crippen LogP contribution in [0, 0.1) is 0 Å². The van der Waals surface area contributed by atoms with E-state index in [4.69, 9.17) is 4.74 Å². The van der Waals surface area contributed by atoms with Gasteiger partial charge in [0.05, 0.1) is 19.3 Å². The quantitative estimate of drug-likeness (QED) is 0.727. The maximum atomic E-state index is 5.18. The summed E-state index contributed by atoms with van der Waals surface area (Å²) in [6.07, 6.45) is 4.00. The predicted octanol–water partition coefficient (Wildman–Crippen LogP) is 0.849. The number of nitrogens with one attached hydrogen (secondary N) is 1. The van der Waals surface area contributed by atoms with E-state index in [9.17, 15) is 0 Å². The number of ether oxygens (including phenoxy) is 1. The highest BCUT2D eigenvalue weighted by Crippen LogP contribution is 2.13. The lowest BCUT2D eigenvalue weighted by molar-refractivity contribution is -0.0107. The van der Waals surface area contributed by atoms with Crippen LogP contribution in [0.1, 0.15) is 26.2 Å². The van der Waals surface area contributed by atoms with Gasteiger partial charge in [0, 0.05) is 6.04 Å². The standard InChI is InChI=1S/C11H22N2O/c1-2-13-6-3-4-10(5-7-13)12-11-8-14-9-11/h10-12H,2-9H2,1H3. The first-order valence-electron chi connectivity index (χ1n) is 5.94. The summed E-state index contributed by atoms with van der Waals surface area (Å²) in [6, 6.07) is 1.38. The van der Waals surface area contributed by atoms with Gasteiger partial charge >= 0.3 is 0 Å². The van der Waals surface area contributed by atoms with Gasteiger partial charge in [-0.3, -0.25) is 0 Å². The molecule has 2 aliphatic rings. The molecule has 1 N–H and O–H groups in total. The van der Waals surface area contributed by atoms with Crippen molar-refractivity contribution >= 4 is 0 Å². The SMILES string of the molecule is CCN1CCCC(NC2COC2)CC1. The van der Waals surface area contributed by atoms with E-state index in [0.29, 0.717) is 6.04 Å². The highest BCUT2D eigenvalue weighted by molar-refractivity contribution is 4.81. The van der Waals surface area contributed by atoms with E-state index in [2.05, 4.69) is 17.1 Å². The number of hydrogen-bond donors (Lipinski definition) is 1. The minimum atomic E-state index is 0.646. The van der Waals surface area contributed by atoms with Crippen LogP contribution < -0.4 is 5.32 Å². The Labute approximate surface area is 86.8 Å². The van der Waals surface area contributed by atoms with E-state index in [1.165, 1.54) is 38.9 Å². The third kappa shape index (κ3) is 2.69. The van der Waals surface area contributed by atoms with Crippen molar-refractivity contribution in [2.45, 2.75) is 38.3 Å². The highest BCUT2D eigenvalue weighted by atomic mass is 16.5. The summed E-state index contributed by atoms with van der Waals surface area (Å²) in [5.41, 5.74) is 0. The van der Waals surface area contributed by atoms with Gasteiger partial charge in [-0.05, 0) is 38.9 Å². The van der Waals surface area contributed by atoms with Crippen molar-refractivity contribution in [1.29, 1.82) is 0 Å². The minimum absolute atomic E-state index is 0.646. The zero-order valence-electron chi connectivity index (χ0n) is 9.17. The predicted molar refractivity (Wildman–Crippen MR) is 57.5 cm³/mol. The summed E-state index contributed by atoms with van der Waals surface area (Å²) in [6.45, 7) is 7.87. The molecule has 0 saturated carbocycles. The first-order valence-corrected chi connectivity index (χ1v) is 5.94. The van der Waals surface area contributed by atoms with Crippen molar-refractivity contribution < 1.29 is 4.74 Å². The first-order chi connectivity index (χ1) is 6.88. The van der Waals surface area contributed by atoms with Crippen LogP contribution in [0.2, 0.25) is 0 Å². The highest BCUT2D eigenvalue weighted by Gasteiger charge is 2.23.